The Bertz CT molecular complexity index is 369. The van der Waals surface area contributed by atoms with Crippen LogP contribution >= 0.6 is 11.3 Å². The molecule has 0 amide bonds. The highest BCUT2D eigenvalue weighted by molar-refractivity contribution is 7.12. The molecule has 0 saturated carbocycles. The zero-order valence-corrected chi connectivity index (χ0v) is 12.5. The second-order valence-corrected chi connectivity index (χ2v) is 6.62. The van der Waals surface area contributed by atoms with E-state index in [4.69, 9.17) is 5.73 Å². The lowest BCUT2D eigenvalue weighted by Crippen LogP contribution is -2.50. The number of nitrogens with two attached hydrogens (primary N) is 1. The molecule has 2 heterocycles. The van der Waals surface area contributed by atoms with E-state index >= 15 is 0 Å². The van der Waals surface area contributed by atoms with Crippen molar-refractivity contribution in [3.8, 4) is 0 Å². The lowest BCUT2D eigenvalue weighted by atomic mass is 10.0. The summed E-state index contributed by atoms with van der Waals surface area (Å²) in [5, 5.41) is 0. The molecule has 1 aliphatic rings. The lowest BCUT2D eigenvalue weighted by molar-refractivity contribution is 0.0986. The number of aryl methyl sites for hydroxylation is 1. The van der Waals surface area contributed by atoms with Crippen molar-refractivity contribution in [2.45, 2.75) is 32.4 Å². The van der Waals surface area contributed by atoms with Gasteiger partial charge in [0.2, 0.25) is 0 Å². The topological polar surface area (TPSA) is 32.5 Å². The fraction of sp³-hybridized carbons (Fsp3) is 0.714. The molecule has 2 N–H and O–H groups in total. The lowest BCUT2D eigenvalue weighted by Gasteiger charge is -2.40. The molecule has 102 valence electrons. The van der Waals surface area contributed by atoms with Crippen LogP contribution < -0.4 is 5.73 Å². The first-order chi connectivity index (χ1) is 8.61. The standard InChI is InChI=1S/C14H25N3S/c1-4-12(15)14(13-6-5-11(2)18-13)17-9-7-16(3)8-10-17/h5-6,12,14H,4,7-10,15H2,1-3H3. The number of piperazine rings is 1. The molecule has 0 spiro atoms. The van der Waals surface area contributed by atoms with Gasteiger partial charge in [-0.2, -0.15) is 0 Å². The summed E-state index contributed by atoms with van der Waals surface area (Å²) in [6.07, 6.45) is 1.04. The summed E-state index contributed by atoms with van der Waals surface area (Å²) in [7, 11) is 2.20. The van der Waals surface area contributed by atoms with Crippen LogP contribution in [-0.2, 0) is 0 Å². The highest BCUT2D eigenvalue weighted by Gasteiger charge is 2.28. The van der Waals surface area contributed by atoms with Gasteiger partial charge in [-0.3, -0.25) is 4.90 Å². The third-order valence-electron chi connectivity index (χ3n) is 3.86. The molecule has 1 aliphatic heterocycles. The summed E-state index contributed by atoms with van der Waals surface area (Å²) in [5.41, 5.74) is 6.38. The second kappa shape index (κ2) is 6.15. The SMILES string of the molecule is CCC(N)C(c1ccc(C)s1)N1CCN(C)CC1. The molecule has 4 heteroatoms. The van der Waals surface area contributed by atoms with E-state index in [0.717, 1.165) is 32.6 Å². The van der Waals surface area contributed by atoms with E-state index in [-0.39, 0.29) is 6.04 Å². The van der Waals surface area contributed by atoms with Crippen molar-refractivity contribution in [3.63, 3.8) is 0 Å². The van der Waals surface area contributed by atoms with Gasteiger partial charge < -0.3 is 10.6 Å². The predicted molar refractivity (Wildman–Crippen MR) is 79.1 cm³/mol. The quantitative estimate of drug-likeness (QED) is 0.906. The fourth-order valence-corrected chi connectivity index (χ4v) is 3.69. The van der Waals surface area contributed by atoms with Gasteiger partial charge in [-0.05, 0) is 32.5 Å². The molecule has 2 unspecified atom stereocenters. The number of hydrogen-bond donors (Lipinski definition) is 1. The zero-order valence-electron chi connectivity index (χ0n) is 11.7. The van der Waals surface area contributed by atoms with Gasteiger partial charge in [0.25, 0.3) is 0 Å². The Hall–Kier alpha value is -0.420. The molecule has 2 atom stereocenters. The first-order valence-corrected chi connectivity index (χ1v) is 7.68. The van der Waals surface area contributed by atoms with Crippen molar-refractivity contribution in [1.82, 2.24) is 9.80 Å². The van der Waals surface area contributed by atoms with Crippen LogP contribution in [0, 0.1) is 6.92 Å². The number of likely N-dealkylation sites (N-methyl/N-ethyl adjacent to an activating group) is 1. The summed E-state index contributed by atoms with van der Waals surface area (Å²) >= 11 is 1.90. The molecule has 0 aromatic carbocycles. The summed E-state index contributed by atoms with van der Waals surface area (Å²) in [6, 6.07) is 5.12. The number of rotatable bonds is 4. The van der Waals surface area contributed by atoms with Crippen LogP contribution in [0.4, 0.5) is 0 Å². The minimum Gasteiger partial charge on any atom is -0.326 e. The number of nitrogens with zero attached hydrogens (tertiary/aromatic N) is 2. The van der Waals surface area contributed by atoms with Crippen molar-refractivity contribution in [2.75, 3.05) is 33.2 Å². The van der Waals surface area contributed by atoms with E-state index in [9.17, 15) is 0 Å². The fourth-order valence-electron chi connectivity index (χ4n) is 2.60. The normalized spacial score (nSPS) is 22.0. The van der Waals surface area contributed by atoms with Gasteiger partial charge in [-0.15, -0.1) is 11.3 Å². The molecule has 1 saturated heterocycles. The third-order valence-corrected chi connectivity index (χ3v) is 4.93. The van der Waals surface area contributed by atoms with Crippen molar-refractivity contribution in [1.29, 1.82) is 0 Å². The molecule has 0 radical (unpaired) electrons. The maximum atomic E-state index is 6.38. The molecule has 1 aromatic heterocycles. The smallest absolute Gasteiger partial charge is 0.0594 e. The van der Waals surface area contributed by atoms with Crippen molar-refractivity contribution in [2.24, 2.45) is 5.73 Å². The van der Waals surface area contributed by atoms with Crippen LogP contribution in [0.3, 0.4) is 0 Å². The van der Waals surface area contributed by atoms with E-state index in [1.165, 1.54) is 9.75 Å². The summed E-state index contributed by atoms with van der Waals surface area (Å²) in [5.74, 6) is 0. The minimum absolute atomic E-state index is 0.242. The minimum atomic E-state index is 0.242. The Morgan fingerprint density at radius 2 is 1.94 bits per heavy atom. The molecular weight excluding hydrogens is 242 g/mol. The maximum absolute atomic E-state index is 6.38. The number of thiophene rings is 1. The Kier molecular flexibility index (Phi) is 4.78. The van der Waals surface area contributed by atoms with E-state index in [1.54, 1.807) is 0 Å². The zero-order chi connectivity index (χ0) is 13.1. The summed E-state index contributed by atoms with van der Waals surface area (Å²) in [6.45, 7) is 8.92. The van der Waals surface area contributed by atoms with Crippen LogP contribution in [0.2, 0.25) is 0 Å². The van der Waals surface area contributed by atoms with Crippen LogP contribution in [0.25, 0.3) is 0 Å². The van der Waals surface area contributed by atoms with E-state index in [1.807, 2.05) is 11.3 Å². The van der Waals surface area contributed by atoms with Gasteiger partial charge >= 0.3 is 0 Å². The molecule has 0 bridgehead atoms. The molecule has 3 nitrogen and oxygen atoms in total. The van der Waals surface area contributed by atoms with Crippen molar-refractivity contribution >= 4 is 11.3 Å². The van der Waals surface area contributed by atoms with E-state index in [0.29, 0.717) is 6.04 Å². The summed E-state index contributed by atoms with van der Waals surface area (Å²) in [4.78, 5) is 7.78. The van der Waals surface area contributed by atoms with E-state index < -0.39 is 0 Å². The molecule has 2 rings (SSSR count). The van der Waals surface area contributed by atoms with Crippen molar-refractivity contribution < 1.29 is 0 Å². The first kappa shape index (κ1) is 14.0. The van der Waals surface area contributed by atoms with Gasteiger partial charge in [0.15, 0.2) is 0 Å². The Morgan fingerprint density at radius 1 is 1.28 bits per heavy atom. The van der Waals surface area contributed by atoms with Gasteiger partial charge in [-0.25, -0.2) is 0 Å². The molecule has 18 heavy (non-hydrogen) atoms. The highest BCUT2D eigenvalue weighted by Crippen LogP contribution is 2.31. The average Bonchev–Trinajstić information content (AvgIpc) is 2.78. The monoisotopic (exact) mass is 267 g/mol. The Balaban J connectivity index is 2.15. The number of hydrogen-bond acceptors (Lipinski definition) is 4. The second-order valence-electron chi connectivity index (χ2n) is 5.30. The summed E-state index contributed by atoms with van der Waals surface area (Å²) < 4.78 is 0. The van der Waals surface area contributed by atoms with Crippen molar-refractivity contribution in [3.05, 3.63) is 21.9 Å². The average molecular weight is 267 g/mol. The van der Waals surface area contributed by atoms with Gasteiger partial charge in [0, 0.05) is 42.0 Å². The third kappa shape index (κ3) is 3.12. The highest BCUT2D eigenvalue weighted by atomic mass is 32.1. The van der Waals surface area contributed by atoms with Gasteiger partial charge in [0.05, 0.1) is 6.04 Å². The van der Waals surface area contributed by atoms with Gasteiger partial charge in [0.1, 0.15) is 0 Å². The predicted octanol–water partition coefficient (Wildman–Crippen LogP) is 2.08. The maximum Gasteiger partial charge on any atom is 0.0594 e. The largest absolute Gasteiger partial charge is 0.326 e. The van der Waals surface area contributed by atoms with Crippen LogP contribution in [0.1, 0.15) is 29.1 Å². The van der Waals surface area contributed by atoms with Crippen LogP contribution in [0.5, 0.6) is 0 Å². The molecular formula is C14H25N3S. The molecule has 1 fully saturated rings. The Labute approximate surface area is 115 Å². The first-order valence-electron chi connectivity index (χ1n) is 6.86. The molecule has 0 aliphatic carbocycles. The van der Waals surface area contributed by atoms with E-state index in [2.05, 4.69) is 42.8 Å². The van der Waals surface area contributed by atoms with Gasteiger partial charge in [-0.1, -0.05) is 6.92 Å². The molecule has 1 aromatic rings. The van der Waals surface area contributed by atoms with Crippen LogP contribution in [-0.4, -0.2) is 49.1 Å². The Morgan fingerprint density at radius 3 is 2.44 bits per heavy atom. The van der Waals surface area contributed by atoms with Crippen LogP contribution in [0.15, 0.2) is 12.1 Å².